The minimum Gasteiger partial charge on any atom is -0.497 e. The van der Waals surface area contributed by atoms with Gasteiger partial charge in [-0.15, -0.1) is 0 Å². The Hall–Kier alpha value is -1.55. The number of carbonyl (C=O) groups excluding carboxylic acids is 1. The number of hydrogen-bond donors (Lipinski definition) is 2. The van der Waals surface area contributed by atoms with Gasteiger partial charge in [0, 0.05) is 13.1 Å². The summed E-state index contributed by atoms with van der Waals surface area (Å²) in [5.74, 6) is 0.977. The number of nitrogens with one attached hydrogen (secondary N) is 2. The average molecular weight is 290 g/mol. The number of carbonyl (C=O) groups is 1. The van der Waals surface area contributed by atoms with E-state index in [1.165, 1.54) is 0 Å². The van der Waals surface area contributed by atoms with Gasteiger partial charge in [-0.25, -0.2) is 0 Å². The van der Waals surface area contributed by atoms with E-state index in [0.29, 0.717) is 6.54 Å². The fourth-order valence-electron chi connectivity index (χ4n) is 3.16. The molecule has 0 spiro atoms. The second-order valence-corrected chi connectivity index (χ2v) is 5.63. The first-order chi connectivity index (χ1) is 10.2. The number of methoxy groups -OCH3 is 1. The fourth-order valence-corrected chi connectivity index (χ4v) is 3.16. The molecule has 2 rings (SSSR count). The lowest BCUT2D eigenvalue weighted by Gasteiger charge is -2.28. The molecule has 0 heterocycles. The van der Waals surface area contributed by atoms with E-state index in [1.54, 1.807) is 7.11 Å². The molecule has 1 aliphatic carbocycles. The molecular weight excluding hydrogens is 264 g/mol. The van der Waals surface area contributed by atoms with Crippen molar-refractivity contribution in [3.05, 3.63) is 29.8 Å². The van der Waals surface area contributed by atoms with Gasteiger partial charge in [-0.1, -0.05) is 31.9 Å². The molecule has 21 heavy (non-hydrogen) atoms. The molecule has 1 amide bonds. The van der Waals surface area contributed by atoms with Crippen molar-refractivity contribution in [1.29, 1.82) is 0 Å². The van der Waals surface area contributed by atoms with Crippen molar-refractivity contribution in [2.24, 2.45) is 0 Å². The van der Waals surface area contributed by atoms with Gasteiger partial charge in [0.2, 0.25) is 5.91 Å². The van der Waals surface area contributed by atoms with Gasteiger partial charge in [0.25, 0.3) is 0 Å². The van der Waals surface area contributed by atoms with Crippen LogP contribution in [0.1, 0.15) is 38.2 Å². The minimum atomic E-state index is -0.374. The summed E-state index contributed by atoms with van der Waals surface area (Å²) in [5, 5.41) is 6.32. The lowest BCUT2D eigenvalue weighted by Crippen LogP contribution is -2.44. The number of ether oxygens (including phenoxy) is 1. The van der Waals surface area contributed by atoms with Gasteiger partial charge in [-0.3, -0.25) is 4.79 Å². The predicted molar refractivity (Wildman–Crippen MR) is 84.7 cm³/mol. The molecule has 1 fully saturated rings. The molecule has 0 aromatic heterocycles. The van der Waals surface area contributed by atoms with Gasteiger partial charge in [-0.05, 0) is 37.1 Å². The van der Waals surface area contributed by atoms with Crippen LogP contribution in [0, 0.1) is 0 Å². The highest BCUT2D eigenvalue weighted by molar-refractivity contribution is 5.88. The van der Waals surface area contributed by atoms with E-state index in [-0.39, 0.29) is 11.3 Å². The van der Waals surface area contributed by atoms with Gasteiger partial charge in [0.05, 0.1) is 12.5 Å². The molecule has 1 aliphatic rings. The number of amides is 1. The normalized spacial score (nSPS) is 16.7. The third-order valence-electron chi connectivity index (χ3n) is 4.35. The van der Waals surface area contributed by atoms with E-state index in [4.69, 9.17) is 4.74 Å². The third-order valence-corrected chi connectivity index (χ3v) is 4.35. The topological polar surface area (TPSA) is 50.4 Å². The molecule has 0 radical (unpaired) electrons. The summed E-state index contributed by atoms with van der Waals surface area (Å²) < 4.78 is 5.31. The van der Waals surface area contributed by atoms with Crippen LogP contribution in [0.4, 0.5) is 0 Å². The standard InChI is InChI=1S/C17H26N2O2/c1-3-18-11-12-19-16(20)17(9-4-5-10-17)14-7-6-8-15(13-14)21-2/h6-8,13,18H,3-5,9-12H2,1-2H3,(H,19,20). The van der Waals surface area contributed by atoms with Crippen LogP contribution < -0.4 is 15.4 Å². The molecule has 1 saturated carbocycles. The molecule has 1 aromatic rings. The van der Waals surface area contributed by atoms with Gasteiger partial charge < -0.3 is 15.4 Å². The molecule has 0 unspecified atom stereocenters. The van der Waals surface area contributed by atoms with Crippen LogP contribution in [0.2, 0.25) is 0 Å². The number of hydrogen-bond acceptors (Lipinski definition) is 3. The van der Waals surface area contributed by atoms with Crippen molar-refractivity contribution in [2.75, 3.05) is 26.7 Å². The van der Waals surface area contributed by atoms with Gasteiger partial charge in [0.15, 0.2) is 0 Å². The van der Waals surface area contributed by atoms with Crippen molar-refractivity contribution in [2.45, 2.75) is 38.0 Å². The lowest BCUT2D eigenvalue weighted by molar-refractivity contribution is -0.126. The number of rotatable bonds is 7. The Morgan fingerprint density at radius 2 is 2.05 bits per heavy atom. The van der Waals surface area contributed by atoms with Crippen molar-refractivity contribution in [3.8, 4) is 5.75 Å². The molecule has 4 nitrogen and oxygen atoms in total. The first kappa shape index (κ1) is 15.8. The van der Waals surface area contributed by atoms with E-state index in [0.717, 1.165) is 50.1 Å². The Balaban J connectivity index is 2.13. The quantitative estimate of drug-likeness (QED) is 0.757. The van der Waals surface area contributed by atoms with Crippen molar-refractivity contribution in [3.63, 3.8) is 0 Å². The minimum absolute atomic E-state index is 0.158. The van der Waals surface area contributed by atoms with E-state index in [2.05, 4.69) is 23.6 Å². The second-order valence-electron chi connectivity index (χ2n) is 5.63. The smallest absolute Gasteiger partial charge is 0.230 e. The highest BCUT2D eigenvalue weighted by Crippen LogP contribution is 2.42. The molecule has 0 atom stereocenters. The highest BCUT2D eigenvalue weighted by Gasteiger charge is 2.42. The average Bonchev–Trinajstić information content (AvgIpc) is 3.02. The molecule has 0 saturated heterocycles. The maximum Gasteiger partial charge on any atom is 0.230 e. The SMILES string of the molecule is CCNCCNC(=O)C1(c2cccc(OC)c2)CCCC1. The van der Waals surface area contributed by atoms with Crippen LogP contribution in [-0.2, 0) is 10.2 Å². The lowest BCUT2D eigenvalue weighted by atomic mass is 9.78. The first-order valence-corrected chi connectivity index (χ1v) is 7.86. The van der Waals surface area contributed by atoms with Crippen LogP contribution in [0.3, 0.4) is 0 Å². The summed E-state index contributed by atoms with van der Waals surface area (Å²) in [6.07, 6.45) is 4.07. The first-order valence-electron chi connectivity index (χ1n) is 7.86. The fraction of sp³-hybridized carbons (Fsp3) is 0.588. The van der Waals surface area contributed by atoms with Gasteiger partial charge in [0.1, 0.15) is 5.75 Å². The van der Waals surface area contributed by atoms with Crippen molar-refractivity contribution >= 4 is 5.91 Å². The Morgan fingerprint density at radius 3 is 2.71 bits per heavy atom. The van der Waals surface area contributed by atoms with E-state index < -0.39 is 0 Å². The molecule has 1 aromatic carbocycles. The zero-order valence-electron chi connectivity index (χ0n) is 13.1. The molecular formula is C17H26N2O2. The summed E-state index contributed by atoms with van der Waals surface area (Å²) in [7, 11) is 1.66. The van der Waals surface area contributed by atoms with Crippen molar-refractivity contribution in [1.82, 2.24) is 10.6 Å². The number of likely N-dealkylation sites (N-methyl/N-ethyl adjacent to an activating group) is 1. The second kappa shape index (κ2) is 7.46. The third kappa shape index (κ3) is 3.56. The van der Waals surface area contributed by atoms with E-state index in [9.17, 15) is 4.79 Å². The monoisotopic (exact) mass is 290 g/mol. The van der Waals surface area contributed by atoms with Crippen LogP contribution in [0.15, 0.2) is 24.3 Å². The zero-order chi connectivity index (χ0) is 15.1. The Morgan fingerprint density at radius 1 is 1.29 bits per heavy atom. The van der Waals surface area contributed by atoms with Gasteiger partial charge >= 0.3 is 0 Å². The maximum atomic E-state index is 12.8. The summed E-state index contributed by atoms with van der Waals surface area (Å²) in [6, 6.07) is 7.96. The Labute approximate surface area is 127 Å². The largest absolute Gasteiger partial charge is 0.497 e. The summed E-state index contributed by atoms with van der Waals surface area (Å²) >= 11 is 0. The van der Waals surface area contributed by atoms with Crippen molar-refractivity contribution < 1.29 is 9.53 Å². The van der Waals surface area contributed by atoms with E-state index >= 15 is 0 Å². The number of benzene rings is 1. The molecule has 2 N–H and O–H groups in total. The molecule has 0 bridgehead atoms. The van der Waals surface area contributed by atoms with E-state index in [1.807, 2.05) is 18.2 Å². The van der Waals surface area contributed by atoms with Crippen LogP contribution >= 0.6 is 0 Å². The van der Waals surface area contributed by atoms with Crippen LogP contribution in [0.5, 0.6) is 5.75 Å². The molecule has 0 aliphatic heterocycles. The molecule has 4 heteroatoms. The predicted octanol–water partition coefficient (Wildman–Crippen LogP) is 2.23. The van der Waals surface area contributed by atoms with Gasteiger partial charge in [-0.2, -0.15) is 0 Å². The summed E-state index contributed by atoms with van der Waals surface area (Å²) in [6.45, 7) is 4.49. The molecule has 116 valence electrons. The maximum absolute atomic E-state index is 12.8. The highest BCUT2D eigenvalue weighted by atomic mass is 16.5. The summed E-state index contributed by atoms with van der Waals surface area (Å²) in [4.78, 5) is 12.8. The van der Waals surface area contributed by atoms with Crippen LogP contribution in [0.25, 0.3) is 0 Å². The zero-order valence-corrected chi connectivity index (χ0v) is 13.1. The summed E-state index contributed by atoms with van der Waals surface area (Å²) in [5.41, 5.74) is 0.709. The van der Waals surface area contributed by atoms with Crippen LogP contribution in [-0.4, -0.2) is 32.7 Å². The Kier molecular flexibility index (Phi) is 5.62. The Bertz CT molecular complexity index is 468.